The summed E-state index contributed by atoms with van der Waals surface area (Å²) in [4.78, 5) is 14.8. The number of benzene rings is 1. The molecule has 120 valence electrons. The molecule has 0 aliphatic carbocycles. The molecule has 22 heavy (non-hydrogen) atoms. The molecule has 1 fully saturated rings. The fraction of sp³-hybridized carbons (Fsp3) is 0.562. The molecule has 0 spiro atoms. The van der Waals surface area contributed by atoms with Crippen LogP contribution in [0.25, 0.3) is 0 Å². The third kappa shape index (κ3) is 2.77. The molecule has 5 nitrogen and oxygen atoms in total. The van der Waals surface area contributed by atoms with E-state index < -0.39 is 10.0 Å². The van der Waals surface area contributed by atoms with Crippen LogP contribution >= 0.6 is 0 Å². The van der Waals surface area contributed by atoms with Gasteiger partial charge in [0.1, 0.15) is 0 Å². The molecule has 0 bridgehead atoms. The Balaban J connectivity index is 1.82. The fourth-order valence-corrected chi connectivity index (χ4v) is 4.45. The van der Waals surface area contributed by atoms with E-state index in [9.17, 15) is 13.2 Å². The Kier molecular flexibility index (Phi) is 3.99. The highest BCUT2D eigenvalue weighted by atomic mass is 32.2. The van der Waals surface area contributed by atoms with E-state index in [2.05, 4.69) is 13.0 Å². The van der Waals surface area contributed by atoms with Gasteiger partial charge in [-0.2, -0.15) is 0 Å². The summed E-state index contributed by atoms with van der Waals surface area (Å²) in [5.74, 6) is -0.178. The second-order valence-electron chi connectivity index (χ2n) is 6.35. The van der Waals surface area contributed by atoms with Crippen LogP contribution in [-0.2, 0) is 21.2 Å². The van der Waals surface area contributed by atoms with Crippen molar-refractivity contribution in [2.24, 2.45) is 5.92 Å². The second kappa shape index (κ2) is 5.66. The highest BCUT2D eigenvalue weighted by molar-refractivity contribution is 7.88. The van der Waals surface area contributed by atoms with Crippen molar-refractivity contribution in [2.45, 2.75) is 32.2 Å². The number of rotatable bonds is 2. The van der Waals surface area contributed by atoms with Gasteiger partial charge in [0.05, 0.1) is 12.2 Å². The van der Waals surface area contributed by atoms with Crippen LogP contribution in [-0.4, -0.2) is 44.0 Å². The summed E-state index contributed by atoms with van der Waals surface area (Å²) >= 11 is 0. The standard InChI is InChI=1S/C16H22N2O3S/c1-12-10-13-6-3-4-8-15(13)18(12)16(19)14-7-5-9-17(11-14)22(2,20)21/h3-4,6,8,12,14H,5,7,9-11H2,1-2H3. The second-order valence-corrected chi connectivity index (χ2v) is 8.33. The molecule has 0 radical (unpaired) electrons. The van der Waals surface area contributed by atoms with Gasteiger partial charge in [-0.05, 0) is 37.8 Å². The summed E-state index contributed by atoms with van der Waals surface area (Å²) in [7, 11) is -3.23. The number of fused-ring (bicyclic) bond motifs is 1. The zero-order valence-electron chi connectivity index (χ0n) is 13.0. The molecule has 2 unspecified atom stereocenters. The maximum absolute atomic E-state index is 13.0. The van der Waals surface area contributed by atoms with Crippen molar-refractivity contribution in [2.75, 3.05) is 24.2 Å². The van der Waals surface area contributed by atoms with Crippen LogP contribution in [0, 0.1) is 5.92 Å². The first-order valence-electron chi connectivity index (χ1n) is 7.74. The van der Waals surface area contributed by atoms with Crippen LogP contribution in [0.15, 0.2) is 24.3 Å². The van der Waals surface area contributed by atoms with Crippen molar-refractivity contribution in [3.63, 3.8) is 0 Å². The lowest BCUT2D eigenvalue weighted by Gasteiger charge is -2.34. The Hall–Kier alpha value is -1.40. The molecular formula is C16H22N2O3S. The van der Waals surface area contributed by atoms with E-state index in [1.165, 1.54) is 16.1 Å². The van der Waals surface area contributed by atoms with Gasteiger partial charge in [0, 0.05) is 24.8 Å². The van der Waals surface area contributed by atoms with E-state index in [1.807, 2.05) is 23.1 Å². The van der Waals surface area contributed by atoms with Crippen LogP contribution in [0.5, 0.6) is 0 Å². The predicted molar refractivity (Wildman–Crippen MR) is 86.2 cm³/mol. The molecule has 1 saturated heterocycles. The third-order valence-electron chi connectivity index (χ3n) is 4.65. The van der Waals surface area contributed by atoms with E-state index in [-0.39, 0.29) is 17.9 Å². The zero-order valence-corrected chi connectivity index (χ0v) is 13.8. The van der Waals surface area contributed by atoms with Crippen LogP contribution in [0.4, 0.5) is 5.69 Å². The Bertz CT molecular complexity index is 686. The average molecular weight is 322 g/mol. The minimum absolute atomic E-state index is 0.0609. The van der Waals surface area contributed by atoms with Gasteiger partial charge in [-0.15, -0.1) is 0 Å². The third-order valence-corrected chi connectivity index (χ3v) is 5.92. The molecule has 1 aromatic carbocycles. The van der Waals surface area contributed by atoms with Gasteiger partial charge in [0.25, 0.3) is 0 Å². The van der Waals surface area contributed by atoms with E-state index in [1.54, 1.807) is 0 Å². The minimum atomic E-state index is -3.23. The van der Waals surface area contributed by atoms with Gasteiger partial charge in [0.2, 0.25) is 15.9 Å². The molecule has 1 aromatic rings. The highest BCUT2D eigenvalue weighted by Crippen LogP contribution is 2.34. The van der Waals surface area contributed by atoms with Gasteiger partial charge in [-0.3, -0.25) is 4.79 Å². The molecule has 3 rings (SSSR count). The first kappa shape index (κ1) is 15.5. The SMILES string of the molecule is CC1Cc2ccccc2N1C(=O)C1CCCN(S(C)(=O)=O)C1. The van der Waals surface area contributed by atoms with Crippen molar-refractivity contribution >= 4 is 21.6 Å². The van der Waals surface area contributed by atoms with Gasteiger partial charge < -0.3 is 4.90 Å². The smallest absolute Gasteiger partial charge is 0.231 e. The van der Waals surface area contributed by atoms with Gasteiger partial charge >= 0.3 is 0 Å². The van der Waals surface area contributed by atoms with Crippen molar-refractivity contribution in [3.05, 3.63) is 29.8 Å². The molecule has 0 saturated carbocycles. The summed E-state index contributed by atoms with van der Waals surface area (Å²) in [6, 6.07) is 8.11. The fourth-order valence-electron chi connectivity index (χ4n) is 3.54. The number of piperidine rings is 1. The van der Waals surface area contributed by atoms with E-state index >= 15 is 0 Å². The Morgan fingerprint density at radius 2 is 2.00 bits per heavy atom. The van der Waals surface area contributed by atoms with Gasteiger partial charge in [-0.25, -0.2) is 12.7 Å². The number of anilines is 1. The maximum atomic E-state index is 13.0. The normalized spacial score (nSPS) is 26.0. The van der Waals surface area contributed by atoms with Crippen LogP contribution in [0.3, 0.4) is 0 Å². The predicted octanol–water partition coefficient (Wildman–Crippen LogP) is 1.64. The topological polar surface area (TPSA) is 57.7 Å². The monoisotopic (exact) mass is 322 g/mol. The largest absolute Gasteiger partial charge is 0.309 e. The lowest BCUT2D eigenvalue weighted by molar-refractivity contribution is -0.123. The molecule has 0 N–H and O–H groups in total. The van der Waals surface area contributed by atoms with Crippen molar-refractivity contribution in [3.8, 4) is 0 Å². The van der Waals surface area contributed by atoms with Crippen molar-refractivity contribution in [1.29, 1.82) is 0 Å². The average Bonchev–Trinajstić information content (AvgIpc) is 2.81. The molecule has 0 aromatic heterocycles. The summed E-state index contributed by atoms with van der Waals surface area (Å²) in [5.41, 5.74) is 2.18. The Morgan fingerprint density at radius 3 is 2.73 bits per heavy atom. The number of amides is 1. The van der Waals surface area contributed by atoms with E-state index in [4.69, 9.17) is 0 Å². The van der Waals surface area contributed by atoms with Gasteiger partial charge in [0.15, 0.2) is 0 Å². The molecule has 2 aliphatic heterocycles. The summed E-state index contributed by atoms with van der Waals surface area (Å²) in [6.45, 7) is 2.88. The first-order valence-corrected chi connectivity index (χ1v) is 9.59. The lowest BCUT2D eigenvalue weighted by Crippen LogP contribution is -2.48. The number of carbonyl (C=O) groups excluding carboxylic acids is 1. The van der Waals surface area contributed by atoms with Crippen LogP contribution in [0.1, 0.15) is 25.3 Å². The van der Waals surface area contributed by atoms with E-state index in [0.717, 1.165) is 24.9 Å². The number of nitrogens with zero attached hydrogens (tertiary/aromatic N) is 2. The van der Waals surface area contributed by atoms with E-state index in [0.29, 0.717) is 13.1 Å². The molecule has 2 atom stereocenters. The van der Waals surface area contributed by atoms with Crippen molar-refractivity contribution in [1.82, 2.24) is 4.31 Å². The number of hydrogen-bond acceptors (Lipinski definition) is 3. The van der Waals surface area contributed by atoms with Crippen LogP contribution < -0.4 is 4.90 Å². The Labute approximate surface area is 132 Å². The molecule has 2 aliphatic rings. The molecule has 1 amide bonds. The molecule has 2 heterocycles. The van der Waals surface area contributed by atoms with Crippen molar-refractivity contribution < 1.29 is 13.2 Å². The summed E-state index contributed by atoms with van der Waals surface area (Å²) in [6.07, 6.45) is 3.58. The zero-order chi connectivity index (χ0) is 15.9. The van der Waals surface area contributed by atoms with Gasteiger partial charge in [-0.1, -0.05) is 18.2 Å². The summed E-state index contributed by atoms with van der Waals surface area (Å²) in [5, 5.41) is 0. The Morgan fingerprint density at radius 1 is 1.27 bits per heavy atom. The lowest BCUT2D eigenvalue weighted by atomic mass is 9.97. The number of sulfonamides is 1. The highest BCUT2D eigenvalue weighted by Gasteiger charge is 2.37. The molecular weight excluding hydrogens is 300 g/mol. The summed E-state index contributed by atoms with van der Waals surface area (Å²) < 4.78 is 24.9. The minimum Gasteiger partial charge on any atom is -0.309 e. The number of hydrogen-bond donors (Lipinski definition) is 0. The number of para-hydroxylation sites is 1. The van der Waals surface area contributed by atoms with Crippen LogP contribution in [0.2, 0.25) is 0 Å². The number of carbonyl (C=O) groups is 1. The maximum Gasteiger partial charge on any atom is 0.231 e. The molecule has 6 heteroatoms. The first-order chi connectivity index (χ1) is 10.4. The quantitative estimate of drug-likeness (QED) is 0.832.